The van der Waals surface area contributed by atoms with E-state index in [9.17, 15) is 27.6 Å². The maximum atomic E-state index is 13.6. The third-order valence-corrected chi connectivity index (χ3v) is 9.22. The van der Waals surface area contributed by atoms with Crippen LogP contribution in [0.2, 0.25) is 5.02 Å². The van der Waals surface area contributed by atoms with E-state index < -0.39 is 40.0 Å². The molecule has 0 spiro atoms. The number of halogens is 1. The Kier molecular flexibility index (Phi) is 15.9. The minimum atomic E-state index is -3.40. The third kappa shape index (κ3) is 13.4. The first-order chi connectivity index (χ1) is 20.8. The second kappa shape index (κ2) is 18.8. The van der Waals surface area contributed by atoms with Crippen LogP contribution in [0.4, 0.5) is 4.79 Å². The monoisotopic (exact) mass is 659 g/mol. The van der Waals surface area contributed by atoms with Crippen LogP contribution in [-0.2, 0) is 40.6 Å². The number of ether oxygens (including phenoxy) is 1. The van der Waals surface area contributed by atoms with E-state index in [0.29, 0.717) is 17.0 Å². The molecule has 13 nitrogen and oxygen atoms in total. The first-order valence-corrected chi connectivity index (χ1v) is 16.9. The van der Waals surface area contributed by atoms with Crippen LogP contribution in [0.15, 0.2) is 24.3 Å². The number of likely N-dealkylation sites (N-methyl/N-ethyl adjacent to an activating group) is 2. The summed E-state index contributed by atoms with van der Waals surface area (Å²) in [6.07, 6.45) is 4.48. The number of alkyl carbamates (subject to hydrolysis) is 1. The van der Waals surface area contributed by atoms with Gasteiger partial charge in [0.25, 0.3) is 5.91 Å². The van der Waals surface area contributed by atoms with Crippen molar-refractivity contribution in [3.8, 4) is 0 Å². The number of nitrogens with zero attached hydrogens (tertiary/aromatic N) is 2. The Morgan fingerprint density at radius 1 is 1.07 bits per heavy atom. The summed E-state index contributed by atoms with van der Waals surface area (Å²) in [6.45, 7) is 1.65. The van der Waals surface area contributed by atoms with E-state index in [1.165, 1.54) is 33.0 Å². The lowest BCUT2D eigenvalue weighted by Crippen LogP contribution is -2.54. The number of hydrogen-bond donors (Lipinski definition) is 3. The molecule has 0 unspecified atom stereocenters. The van der Waals surface area contributed by atoms with Crippen molar-refractivity contribution in [2.24, 2.45) is 5.92 Å². The molecule has 0 saturated heterocycles. The van der Waals surface area contributed by atoms with Gasteiger partial charge in [-0.05, 0) is 43.4 Å². The number of nitrogens with one attached hydrogen (secondary N) is 3. The first-order valence-electron chi connectivity index (χ1n) is 14.9. The lowest BCUT2D eigenvalue weighted by Gasteiger charge is -2.29. The normalized spacial score (nSPS) is 15.1. The topological polar surface area (TPSA) is 163 Å². The predicted octanol–water partition coefficient (Wildman–Crippen LogP) is 2.59. The van der Waals surface area contributed by atoms with Crippen LogP contribution < -0.4 is 15.4 Å². The van der Waals surface area contributed by atoms with Crippen molar-refractivity contribution in [1.82, 2.24) is 25.3 Å². The molecule has 1 aliphatic rings. The molecule has 1 aliphatic carbocycles. The number of carbonyl (C=O) groups excluding carboxylic acids is 4. The van der Waals surface area contributed by atoms with Crippen molar-refractivity contribution in [3.63, 3.8) is 0 Å². The van der Waals surface area contributed by atoms with E-state index in [2.05, 4.69) is 15.4 Å². The number of sulfonamides is 1. The lowest BCUT2D eigenvalue weighted by molar-refractivity contribution is -0.172. The average molecular weight is 660 g/mol. The average Bonchev–Trinajstić information content (AvgIpc) is 3.01. The van der Waals surface area contributed by atoms with Gasteiger partial charge >= 0.3 is 6.09 Å². The molecule has 0 aromatic heterocycles. The van der Waals surface area contributed by atoms with Gasteiger partial charge in [0.1, 0.15) is 18.7 Å². The lowest BCUT2D eigenvalue weighted by atomic mass is 9.84. The molecule has 1 fully saturated rings. The summed E-state index contributed by atoms with van der Waals surface area (Å²) in [6, 6.07) is 4.78. The number of amides is 4. The Hall–Kier alpha value is -2.94. The predicted molar refractivity (Wildman–Crippen MR) is 166 cm³/mol. The molecule has 248 valence electrons. The molecular weight excluding hydrogens is 614 g/mol. The molecule has 0 bridgehead atoms. The Morgan fingerprint density at radius 2 is 1.77 bits per heavy atom. The highest BCUT2D eigenvalue weighted by Crippen LogP contribution is 2.27. The van der Waals surface area contributed by atoms with Crippen LogP contribution in [-0.4, -0.2) is 94.3 Å². The van der Waals surface area contributed by atoms with E-state index in [0.717, 1.165) is 37.2 Å². The molecule has 1 saturated carbocycles. The van der Waals surface area contributed by atoms with Crippen molar-refractivity contribution >= 4 is 45.4 Å². The fraction of sp³-hybridized carbons (Fsp3) is 0.655. The highest BCUT2D eigenvalue weighted by molar-refractivity contribution is 7.89. The zero-order chi connectivity index (χ0) is 32.7. The van der Waals surface area contributed by atoms with E-state index in [1.807, 2.05) is 0 Å². The van der Waals surface area contributed by atoms with Gasteiger partial charge in [-0.2, -0.15) is 0 Å². The highest BCUT2D eigenvalue weighted by Gasteiger charge is 2.31. The zero-order valence-corrected chi connectivity index (χ0v) is 27.5. The Labute approximate surface area is 265 Å². The van der Waals surface area contributed by atoms with Crippen molar-refractivity contribution < 1.29 is 37.2 Å². The molecule has 0 aliphatic heterocycles. The Morgan fingerprint density at radius 3 is 2.41 bits per heavy atom. The van der Waals surface area contributed by atoms with E-state index in [1.54, 1.807) is 24.3 Å². The summed E-state index contributed by atoms with van der Waals surface area (Å²) in [4.78, 5) is 58.6. The Balaban J connectivity index is 2.08. The third-order valence-electron chi connectivity index (χ3n) is 7.58. The van der Waals surface area contributed by atoms with Crippen molar-refractivity contribution in [1.29, 1.82) is 0 Å². The molecule has 0 radical (unpaired) electrons. The SMILES string of the molecule is CCS(=O)(=O)NCCN(C)C(=O)CC[C@@H](NC(=O)[C@@H](CC1CCCCC1)NC(=O)OCc1cccc(Cl)c1)C(=O)N(C)OC. The second-order valence-electron chi connectivity index (χ2n) is 10.9. The highest BCUT2D eigenvalue weighted by atomic mass is 35.5. The molecule has 1 aromatic rings. The molecule has 0 heterocycles. The number of carbonyl (C=O) groups is 4. The van der Waals surface area contributed by atoms with Crippen molar-refractivity contribution in [2.75, 3.05) is 40.0 Å². The quantitative estimate of drug-likeness (QED) is 0.215. The smallest absolute Gasteiger partial charge is 0.408 e. The molecule has 1 aromatic carbocycles. The van der Waals surface area contributed by atoms with Crippen LogP contribution in [0, 0.1) is 5.92 Å². The van der Waals surface area contributed by atoms with Crippen LogP contribution in [0.5, 0.6) is 0 Å². The summed E-state index contributed by atoms with van der Waals surface area (Å²) in [5.74, 6) is -1.35. The van der Waals surface area contributed by atoms with Crippen LogP contribution >= 0.6 is 11.6 Å². The molecule has 3 N–H and O–H groups in total. The van der Waals surface area contributed by atoms with Gasteiger partial charge in [-0.3, -0.25) is 19.2 Å². The van der Waals surface area contributed by atoms with Gasteiger partial charge in [-0.15, -0.1) is 0 Å². The number of hydrogen-bond acceptors (Lipinski definition) is 8. The maximum Gasteiger partial charge on any atom is 0.408 e. The van der Waals surface area contributed by atoms with Crippen molar-refractivity contribution in [2.45, 2.75) is 77.0 Å². The molecule has 2 atom stereocenters. The second-order valence-corrected chi connectivity index (χ2v) is 13.4. The summed E-state index contributed by atoms with van der Waals surface area (Å²) >= 11 is 6.01. The molecule has 2 rings (SSSR count). The van der Waals surface area contributed by atoms with Gasteiger partial charge in [-0.1, -0.05) is 55.8 Å². The minimum Gasteiger partial charge on any atom is -0.445 e. The first kappa shape index (κ1) is 37.2. The van der Waals surface area contributed by atoms with E-state index in [4.69, 9.17) is 21.2 Å². The summed E-state index contributed by atoms with van der Waals surface area (Å²) in [7, 11) is 0.822. The molecular formula is C29H46ClN5O8S. The summed E-state index contributed by atoms with van der Waals surface area (Å²) in [5, 5.41) is 6.84. The van der Waals surface area contributed by atoms with Crippen LogP contribution in [0.3, 0.4) is 0 Å². The standard InChI is InChI=1S/C29H46ClN5O8S/c1-5-44(40,41)31-16-17-34(2)26(36)15-14-24(28(38)35(3)42-4)32-27(37)25(19-21-10-7-6-8-11-21)33-29(39)43-20-22-12-9-13-23(30)18-22/h9,12-13,18,21,24-25,31H,5-8,10-11,14-17,19-20H2,1-4H3,(H,32,37)(H,33,39)/t24-,25-/m1/s1. The fourth-order valence-corrected chi connectivity index (χ4v) is 5.66. The fourth-order valence-electron chi connectivity index (χ4n) is 4.84. The zero-order valence-electron chi connectivity index (χ0n) is 26.0. The largest absolute Gasteiger partial charge is 0.445 e. The number of rotatable bonds is 17. The molecule has 44 heavy (non-hydrogen) atoms. The Bertz CT molecular complexity index is 1210. The van der Waals surface area contributed by atoms with Gasteiger partial charge < -0.3 is 20.3 Å². The minimum absolute atomic E-state index is 0.0422. The van der Waals surface area contributed by atoms with Gasteiger partial charge in [0.05, 0.1) is 12.9 Å². The van der Waals surface area contributed by atoms with E-state index >= 15 is 0 Å². The van der Waals surface area contributed by atoms with Crippen LogP contribution in [0.25, 0.3) is 0 Å². The summed E-state index contributed by atoms with van der Waals surface area (Å²) < 4.78 is 31.1. The van der Waals surface area contributed by atoms with Gasteiger partial charge in [0.15, 0.2) is 0 Å². The maximum absolute atomic E-state index is 13.6. The number of benzene rings is 1. The van der Waals surface area contributed by atoms with Gasteiger partial charge in [0, 0.05) is 38.6 Å². The summed E-state index contributed by atoms with van der Waals surface area (Å²) in [5.41, 5.74) is 0.687. The number of hydroxylamine groups is 2. The van der Waals surface area contributed by atoms with Gasteiger partial charge in [-0.25, -0.2) is 23.0 Å². The molecule has 15 heteroatoms. The van der Waals surface area contributed by atoms with Crippen molar-refractivity contribution in [3.05, 3.63) is 34.9 Å². The molecule has 4 amide bonds. The van der Waals surface area contributed by atoms with E-state index in [-0.39, 0.29) is 50.1 Å². The van der Waals surface area contributed by atoms with Gasteiger partial charge in [0.2, 0.25) is 21.8 Å². The van der Waals surface area contributed by atoms with Crippen LogP contribution in [0.1, 0.15) is 63.9 Å².